The lowest BCUT2D eigenvalue weighted by Crippen LogP contribution is -2.59. The zero-order valence-corrected chi connectivity index (χ0v) is 14.1. The van der Waals surface area contributed by atoms with Crippen molar-refractivity contribution in [3.63, 3.8) is 0 Å². The van der Waals surface area contributed by atoms with Gasteiger partial charge in [0.15, 0.2) is 11.9 Å². The molecule has 1 atom stereocenters. The predicted octanol–water partition coefficient (Wildman–Crippen LogP) is 1.87. The maximum Gasteiger partial charge on any atom is 0.187 e. The van der Waals surface area contributed by atoms with Crippen molar-refractivity contribution in [3.8, 4) is 0 Å². The molecule has 24 heavy (non-hydrogen) atoms. The van der Waals surface area contributed by atoms with Gasteiger partial charge in [-0.1, -0.05) is 18.2 Å². The number of amidine groups is 1. The topological polar surface area (TPSA) is 83.1 Å². The Morgan fingerprint density at radius 2 is 2.25 bits per heavy atom. The molecule has 0 radical (unpaired) electrons. The Balaban J connectivity index is 2.07. The highest BCUT2D eigenvalue weighted by atomic mass is 16.1. The van der Waals surface area contributed by atoms with Crippen molar-refractivity contribution in [2.75, 3.05) is 0 Å². The first kappa shape index (κ1) is 16.4. The fourth-order valence-electron chi connectivity index (χ4n) is 2.67. The minimum Gasteiger partial charge on any atom is -0.355 e. The Kier molecular flexibility index (Phi) is 4.49. The normalized spacial score (nSPS) is 25.7. The van der Waals surface area contributed by atoms with Crippen molar-refractivity contribution in [1.82, 2.24) is 10.3 Å². The molecule has 1 aliphatic heterocycles. The van der Waals surface area contributed by atoms with E-state index in [1.807, 2.05) is 37.3 Å². The van der Waals surface area contributed by atoms with E-state index in [4.69, 9.17) is 10.7 Å². The summed E-state index contributed by atoms with van der Waals surface area (Å²) in [5, 5.41) is 9.29. The maximum absolute atomic E-state index is 11.8. The molecule has 6 nitrogen and oxygen atoms in total. The molecule has 1 unspecified atom stereocenters. The largest absolute Gasteiger partial charge is 0.355 e. The van der Waals surface area contributed by atoms with Crippen LogP contribution >= 0.6 is 0 Å². The number of aldehydes is 1. The zero-order chi connectivity index (χ0) is 17.2. The number of rotatable bonds is 5. The summed E-state index contributed by atoms with van der Waals surface area (Å²) < 4.78 is 0. The van der Waals surface area contributed by atoms with Crippen LogP contribution < -0.4 is 11.1 Å². The molecule has 6 heteroatoms. The molecule has 1 saturated carbocycles. The number of hydrogen-bond donors (Lipinski definition) is 2. The molecule has 0 aromatic heterocycles. The van der Waals surface area contributed by atoms with Gasteiger partial charge < -0.3 is 11.1 Å². The molecule has 0 bridgehead atoms. The maximum atomic E-state index is 11.8. The quantitative estimate of drug-likeness (QED) is 0.639. The van der Waals surface area contributed by atoms with Crippen LogP contribution in [-0.4, -0.2) is 35.0 Å². The van der Waals surface area contributed by atoms with Gasteiger partial charge in [-0.3, -0.25) is 9.79 Å². The third-order valence-corrected chi connectivity index (χ3v) is 4.11. The molecular weight excluding hydrogens is 302 g/mol. The Morgan fingerprint density at radius 3 is 2.88 bits per heavy atom. The summed E-state index contributed by atoms with van der Waals surface area (Å²) in [6.45, 7) is 4.10. The fourth-order valence-corrected chi connectivity index (χ4v) is 2.67. The minimum atomic E-state index is -0.983. The van der Waals surface area contributed by atoms with E-state index >= 15 is 0 Å². The summed E-state index contributed by atoms with van der Waals surface area (Å²) in [6.07, 6.45) is 6.66. The Morgan fingerprint density at radius 1 is 1.46 bits per heavy atom. The van der Waals surface area contributed by atoms with Gasteiger partial charge in [-0.2, -0.15) is 5.10 Å². The van der Waals surface area contributed by atoms with E-state index in [-0.39, 0.29) is 0 Å². The third-order valence-electron chi connectivity index (χ3n) is 4.11. The van der Waals surface area contributed by atoms with E-state index in [0.717, 1.165) is 36.0 Å². The number of nitrogens with one attached hydrogen (secondary N) is 1. The van der Waals surface area contributed by atoms with E-state index in [1.54, 1.807) is 18.1 Å². The van der Waals surface area contributed by atoms with Gasteiger partial charge >= 0.3 is 0 Å². The minimum absolute atomic E-state index is 0.330. The average molecular weight is 325 g/mol. The number of nitrogens with zero attached hydrogens (tertiary/aromatic N) is 3. The van der Waals surface area contributed by atoms with Gasteiger partial charge in [0.25, 0.3) is 0 Å². The Hall–Kier alpha value is -2.47. The molecule has 126 valence electrons. The van der Waals surface area contributed by atoms with E-state index in [2.05, 4.69) is 10.4 Å². The second kappa shape index (κ2) is 6.57. The van der Waals surface area contributed by atoms with Gasteiger partial charge in [-0.15, -0.1) is 0 Å². The molecule has 0 amide bonds. The summed E-state index contributed by atoms with van der Waals surface area (Å²) in [5.41, 5.74) is 7.63. The first-order chi connectivity index (χ1) is 11.6. The Labute approximate surface area is 142 Å². The molecule has 2 aliphatic rings. The van der Waals surface area contributed by atoms with Gasteiger partial charge in [0.1, 0.15) is 5.84 Å². The van der Waals surface area contributed by atoms with Gasteiger partial charge in [0.2, 0.25) is 0 Å². The van der Waals surface area contributed by atoms with Crippen molar-refractivity contribution in [2.45, 2.75) is 44.9 Å². The predicted molar refractivity (Wildman–Crippen MR) is 96.4 cm³/mol. The van der Waals surface area contributed by atoms with Gasteiger partial charge in [0, 0.05) is 24.5 Å². The molecular formula is C18H23N5O. The van der Waals surface area contributed by atoms with Crippen LogP contribution in [0.1, 0.15) is 37.8 Å². The van der Waals surface area contributed by atoms with Gasteiger partial charge in [0.05, 0.1) is 6.04 Å². The third kappa shape index (κ3) is 3.23. The number of aliphatic imine (C=N–C) groups is 1. The van der Waals surface area contributed by atoms with Crippen LogP contribution in [0.4, 0.5) is 0 Å². The number of nitrogens with two attached hydrogens (primary N) is 1. The summed E-state index contributed by atoms with van der Waals surface area (Å²) in [6, 6.07) is 8.30. The number of benzene rings is 1. The first-order valence-corrected chi connectivity index (χ1v) is 8.22. The van der Waals surface area contributed by atoms with Gasteiger partial charge in [-0.05, 0) is 43.9 Å². The van der Waals surface area contributed by atoms with Crippen molar-refractivity contribution in [2.24, 2.45) is 15.8 Å². The highest BCUT2D eigenvalue weighted by molar-refractivity contribution is 6.03. The van der Waals surface area contributed by atoms with Crippen LogP contribution in [0, 0.1) is 0 Å². The Bertz CT molecular complexity index is 720. The fraction of sp³-hybridized carbons (Fsp3) is 0.389. The van der Waals surface area contributed by atoms with Crippen molar-refractivity contribution >= 4 is 24.0 Å². The lowest BCUT2D eigenvalue weighted by Gasteiger charge is -2.40. The smallest absolute Gasteiger partial charge is 0.187 e. The summed E-state index contributed by atoms with van der Waals surface area (Å²) >= 11 is 0. The molecule has 0 saturated heterocycles. The lowest BCUT2D eigenvalue weighted by atomic mass is 10.0. The van der Waals surface area contributed by atoms with Gasteiger partial charge in [-0.25, -0.2) is 5.01 Å². The summed E-state index contributed by atoms with van der Waals surface area (Å²) in [7, 11) is 0. The first-order valence-electron chi connectivity index (χ1n) is 8.22. The van der Waals surface area contributed by atoms with E-state index in [0.29, 0.717) is 18.4 Å². The lowest BCUT2D eigenvalue weighted by molar-refractivity contribution is -0.116. The highest BCUT2D eigenvalue weighted by Gasteiger charge is 2.39. The number of hydrogen-bond acceptors (Lipinski definition) is 5. The number of carbonyl (C=O) groups excluding carboxylic acids is 1. The van der Waals surface area contributed by atoms with Crippen LogP contribution in [0.25, 0.3) is 5.70 Å². The van der Waals surface area contributed by atoms with E-state index < -0.39 is 5.66 Å². The zero-order valence-electron chi connectivity index (χ0n) is 14.1. The summed E-state index contributed by atoms with van der Waals surface area (Å²) in [4.78, 5) is 16.6. The molecule has 3 N–H and O–H groups in total. The van der Waals surface area contributed by atoms with E-state index in [1.165, 1.54) is 0 Å². The second-order valence-electron chi connectivity index (χ2n) is 6.26. The van der Waals surface area contributed by atoms with E-state index in [9.17, 15) is 4.79 Å². The standard InChI is InChI=1S/C18H23N5O/c1-3-20-23-17(21-15-7-8-15)10-16(22-18(23,2)12-24)14-6-4-5-13(9-14)11-19/h3-6,9-10,12,15,22H,7-8,11,19H2,1-2H3/b20-3-,21-17?. The number of hydrazone groups is 1. The SMILES string of the molecule is C/C=N\N1C(=NC2CC2)C=C(c2cccc(CN)c2)NC1(C)C=O. The molecule has 1 fully saturated rings. The molecule has 0 spiro atoms. The van der Waals surface area contributed by atoms with Crippen molar-refractivity contribution in [1.29, 1.82) is 0 Å². The molecule has 1 heterocycles. The monoisotopic (exact) mass is 325 g/mol. The molecule has 1 aromatic carbocycles. The molecule has 1 aromatic rings. The number of carbonyl (C=O) groups is 1. The van der Waals surface area contributed by atoms with Crippen LogP contribution in [-0.2, 0) is 11.3 Å². The second-order valence-corrected chi connectivity index (χ2v) is 6.26. The molecule has 1 aliphatic carbocycles. The summed E-state index contributed by atoms with van der Waals surface area (Å²) in [5.74, 6) is 0.706. The van der Waals surface area contributed by atoms with Crippen LogP contribution in [0.3, 0.4) is 0 Å². The van der Waals surface area contributed by atoms with Crippen LogP contribution in [0.5, 0.6) is 0 Å². The average Bonchev–Trinajstić information content (AvgIpc) is 3.42. The van der Waals surface area contributed by atoms with Crippen molar-refractivity contribution < 1.29 is 4.79 Å². The molecule has 3 rings (SSSR count). The van der Waals surface area contributed by atoms with Crippen molar-refractivity contribution in [3.05, 3.63) is 41.5 Å². The van der Waals surface area contributed by atoms with Crippen LogP contribution in [0.15, 0.2) is 40.4 Å². The highest BCUT2D eigenvalue weighted by Crippen LogP contribution is 2.29. The van der Waals surface area contributed by atoms with Crippen LogP contribution in [0.2, 0.25) is 0 Å².